The van der Waals surface area contributed by atoms with Gasteiger partial charge in [-0.2, -0.15) is 5.26 Å². The van der Waals surface area contributed by atoms with Gasteiger partial charge in [-0.25, -0.2) is 0 Å². The van der Waals surface area contributed by atoms with Crippen LogP contribution in [-0.4, -0.2) is 4.98 Å². The third kappa shape index (κ3) is 0.923. The van der Waals surface area contributed by atoms with E-state index in [1.807, 2.05) is 24.3 Å². The smallest absolute Gasteiger partial charge is 0.263 e. The summed E-state index contributed by atoms with van der Waals surface area (Å²) in [5.41, 5.74) is 0.633. The molecule has 56 valence electrons. The second-order valence-electron chi connectivity index (χ2n) is 2.52. The van der Waals surface area contributed by atoms with Crippen LogP contribution in [0.5, 0.6) is 0 Å². The van der Waals surface area contributed by atoms with E-state index >= 15 is 0 Å². The molecule has 2 heteroatoms. The van der Waals surface area contributed by atoms with Gasteiger partial charge < -0.3 is 0 Å². The van der Waals surface area contributed by atoms with Crippen LogP contribution in [0, 0.1) is 11.3 Å². The molecule has 0 aliphatic carbocycles. The van der Waals surface area contributed by atoms with E-state index in [-0.39, 0.29) is 1.43 Å². The molecule has 0 spiro atoms. The first kappa shape index (κ1) is 6.81. The van der Waals surface area contributed by atoms with E-state index in [1.54, 1.807) is 12.4 Å². The summed E-state index contributed by atoms with van der Waals surface area (Å²) < 4.78 is 0. The fraction of sp³-hybridized carbons (Fsp3) is 0. The van der Waals surface area contributed by atoms with Crippen LogP contribution in [-0.2, 0) is 0 Å². The minimum absolute atomic E-state index is 0. The van der Waals surface area contributed by atoms with Crippen molar-refractivity contribution in [3.8, 4) is 6.07 Å². The number of aromatic nitrogens is 1. The lowest BCUT2D eigenvalue weighted by Crippen LogP contribution is -1.80. The Bertz CT molecular complexity index is 454. The first-order valence-electron chi connectivity index (χ1n) is 3.64. The van der Waals surface area contributed by atoms with Crippen LogP contribution < -0.4 is 0 Å². The Labute approximate surface area is 71.6 Å². The first-order chi connectivity index (χ1) is 5.92. The molecule has 0 fully saturated rings. The average Bonchev–Trinajstić information content (AvgIpc) is 2.17. The highest BCUT2D eigenvalue weighted by atomic mass is 14.6. The lowest BCUT2D eigenvalue weighted by molar-refractivity contribution is 1.34. The Morgan fingerprint density at radius 3 is 2.92 bits per heavy atom. The Morgan fingerprint density at radius 1 is 1.25 bits per heavy atom. The molecule has 0 aliphatic heterocycles. The predicted octanol–water partition coefficient (Wildman–Crippen LogP) is 2.22. The van der Waals surface area contributed by atoms with Crippen LogP contribution in [0.1, 0.15) is 6.99 Å². The lowest BCUT2D eigenvalue weighted by atomic mass is 10.1. The van der Waals surface area contributed by atoms with Gasteiger partial charge in [0.25, 0.3) is 0 Å². The minimum atomic E-state index is 0. The maximum absolute atomic E-state index is 8.75. The van der Waals surface area contributed by atoms with Crippen molar-refractivity contribution in [1.82, 2.24) is 4.98 Å². The first-order valence-corrected chi connectivity index (χ1v) is 3.64. The largest absolute Gasteiger partial charge is 1.00 e. The van der Waals surface area contributed by atoms with Crippen molar-refractivity contribution in [2.45, 2.75) is 0 Å². The topological polar surface area (TPSA) is 36.7 Å². The van der Waals surface area contributed by atoms with Gasteiger partial charge in [-0.3, -0.25) is 4.98 Å². The summed E-state index contributed by atoms with van der Waals surface area (Å²) in [5.74, 6) is 0. The second kappa shape index (κ2) is 2.63. The van der Waals surface area contributed by atoms with Crippen molar-refractivity contribution in [2.75, 3.05) is 0 Å². The van der Waals surface area contributed by atoms with Gasteiger partial charge in [-0.05, 0) is 0 Å². The summed E-state index contributed by atoms with van der Waals surface area (Å²) in [7, 11) is 0. The standard InChI is InChI=1S/C10H6N2/c11-5-9-7-12-6-8-3-1-2-4-10(8)9/h1-4,6-7H/p+1. The number of pyridine rings is 1. The maximum atomic E-state index is 8.75. The van der Waals surface area contributed by atoms with E-state index in [0.717, 1.165) is 10.8 Å². The van der Waals surface area contributed by atoms with E-state index in [0.29, 0.717) is 5.56 Å². The number of hydrogen-bond donors (Lipinski definition) is 0. The highest BCUT2D eigenvalue weighted by Gasteiger charge is 1.97. The monoisotopic (exact) mass is 155 g/mol. The molecule has 0 amide bonds. The number of hydrogen-bond acceptors (Lipinski definition) is 2. The third-order valence-electron chi connectivity index (χ3n) is 1.79. The van der Waals surface area contributed by atoms with E-state index in [1.165, 1.54) is 0 Å². The summed E-state index contributed by atoms with van der Waals surface area (Å²) in [6.45, 7) is 0. The van der Waals surface area contributed by atoms with Crippen molar-refractivity contribution in [2.24, 2.45) is 0 Å². The van der Waals surface area contributed by atoms with Crippen LogP contribution >= 0.6 is 0 Å². The Hall–Kier alpha value is -1.88. The van der Waals surface area contributed by atoms with Gasteiger partial charge in [0.15, 0.2) is 0 Å². The zero-order valence-corrected chi connectivity index (χ0v) is 6.36. The van der Waals surface area contributed by atoms with Gasteiger partial charge >= 0.3 is 1.43 Å². The Morgan fingerprint density at radius 2 is 2.08 bits per heavy atom. The molecule has 1 heterocycles. The zero-order valence-electron chi connectivity index (χ0n) is 7.36. The third-order valence-corrected chi connectivity index (χ3v) is 1.79. The highest BCUT2D eigenvalue weighted by Crippen LogP contribution is 2.15. The number of rotatable bonds is 0. The maximum Gasteiger partial charge on any atom is 1.00 e. The molecular formula is C10H7N2+. The molecule has 0 aliphatic rings. The molecule has 2 aromatic rings. The van der Waals surface area contributed by atoms with Crippen molar-refractivity contribution in [1.29, 1.82) is 5.26 Å². The molecule has 12 heavy (non-hydrogen) atoms. The fourth-order valence-corrected chi connectivity index (χ4v) is 1.21. The van der Waals surface area contributed by atoms with E-state index < -0.39 is 0 Å². The molecule has 1 aromatic heterocycles. The van der Waals surface area contributed by atoms with Crippen LogP contribution in [0.3, 0.4) is 0 Å². The molecule has 0 unspecified atom stereocenters. The van der Waals surface area contributed by atoms with Gasteiger partial charge in [0.05, 0.1) is 5.56 Å². The van der Waals surface area contributed by atoms with E-state index in [4.69, 9.17) is 5.26 Å². The number of fused-ring (bicyclic) bond motifs is 1. The molecule has 0 atom stereocenters. The van der Waals surface area contributed by atoms with Crippen molar-refractivity contribution in [3.05, 3.63) is 42.2 Å². The van der Waals surface area contributed by atoms with Gasteiger partial charge in [-0.1, -0.05) is 24.3 Å². The Kier molecular flexibility index (Phi) is 1.49. The highest BCUT2D eigenvalue weighted by molar-refractivity contribution is 5.86. The van der Waals surface area contributed by atoms with Gasteiger partial charge in [0, 0.05) is 23.2 Å². The quantitative estimate of drug-likeness (QED) is 0.584. The average molecular weight is 155 g/mol. The number of benzene rings is 1. The predicted molar refractivity (Wildman–Crippen MR) is 47.6 cm³/mol. The molecule has 2 rings (SSSR count). The molecule has 2 nitrogen and oxygen atoms in total. The lowest BCUT2D eigenvalue weighted by Gasteiger charge is -1.96. The number of nitriles is 1. The molecule has 0 radical (unpaired) electrons. The molecule has 0 bridgehead atoms. The van der Waals surface area contributed by atoms with Crippen molar-refractivity contribution in [3.63, 3.8) is 0 Å². The summed E-state index contributed by atoms with van der Waals surface area (Å²) in [4.78, 5) is 3.96. The van der Waals surface area contributed by atoms with E-state index in [2.05, 4.69) is 11.1 Å². The van der Waals surface area contributed by atoms with Gasteiger partial charge in [-0.15, -0.1) is 0 Å². The summed E-state index contributed by atoms with van der Waals surface area (Å²) >= 11 is 0. The SMILES string of the molecule is N#Cc1cncc2ccccc12.[H+]. The molecular weight excluding hydrogens is 148 g/mol. The molecule has 1 aromatic carbocycles. The van der Waals surface area contributed by atoms with Crippen LogP contribution in [0.25, 0.3) is 10.8 Å². The van der Waals surface area contributed by atoms with Crippen molar-refractivity contribution >= 4 is 10.8 Å². The van der Waals surface area contributed by atoms with Crippen LogP contribution in [0.4, 0.5) is 0 Å². The van der Waals surface area contributed by atoms with Crippen LogP contribution in [0.15, 0.2) is 36.7 Å². The summed E-state index contributed by atoms with van der Waals surface area (Å²) in [6.07, 6.45) is 3.35. The van der Waals surface area contributed by atoms with Gasteiger partial charge in [0.2, 0.25) is 0 Å². The van der Waals surface area contributed by atoms with E-state index in [9.17, 15) is 0 Å². The van der Waals surface area contributed by atoms with Crippen molar-refractivity contribution < 1.29 is 1.43 Å². The van der Waals surface area contributed by atoms with Gasteiger partial charge in [0.1, 0.15) is 6.07 Å². The zero-order chi connectivity index (χ0) is 8.39. The second-order valence-corrected chi connectivity index (χ2v) is 2.52. The molecule has 0 saturated heterocycles. The minimum Gasteiger partial charge on any atom is -0.263 e. The normalized spacial score (nSPS) is 9.58. The van der Waals surface area contributed by atoms with Crippen LogP contribution in [0.2, 0.25) is 0 Å². The Balaban J connectivity index is 0.000000845. The molecule has 0 N–H and O–H groups in total. The number of nitrogens with zero attached hydrogens (tertiary/aromatic N) is 2. The summed E-state index contributed by atoms with van der Waals surface area (Å²) in [5, 5.41) is 10.7. The fourth-order valence-electron chi connectivity index (χ4n) is 1.21. The molecule has 0 saturated carbocycles. The summed E-state index contributed by atoms with van der Waals surface area (Å²) in [6, 6.07) is 9.84.